The molecule has 0 bridgehead atoms. The van der Waals surface area contributed by atoms with Crippen LogP contribution in [0, 0.1) is 0 Å². The van der Waals surface area contributed by atoms with Crippen LogP contribution in [0.3, 0.4) is 0 Å². The van der Waals surface area contributed by atoms with Gasteiger partial charge < -0.3 is 4.57 Å². The molecule has 0 aliphatic rings. The fourth-order valence-corrected chi connectivity index (χ4v) is 10.4. The lowest BCUT2D eigenvalue weighted by Crippen LogP contribution is -2.04. The first-order valence-corrected chi connectivity index (χ1v) is 24.8. The monoisotopic (exact) mass is 930 g/mol. The number of fused-ring (bicyclic) bond motifs is 3. The summed E-state index contributed by atoms with van der Waals surface area (Å²) < 4.78 is 2.55. The summed E-state index contributed by atoms with van der Waals surface area (Å²) in [6.45, 7) is 0. The van der Waals surface area contributed by atoms with Crippen molar-refractivity contribution in [3.05, 3.63) is 279 Å². The topological polar surface area (TPSA) is 43.6 Å². The van der Waals surface area contributed by atoms with Gasteiger partial charge in [0.05, 0.1) is 16.7 Å². The zero-order chi connectivity index (χ0) is 48.5. The minimum Gasteiger partial charge on any atom is -0.308 e. The second kappa shape index (κ2) is 18.9. The van der Waals surface area contributed by atoms with E-state index in [1.165, 1.54) is 16.5 Å². The number of rotatable bonds is 10. The molecule has 0 saturated heterocycles. The van der Waals surface area contributed by atoms with E-state index in [2.05, 4.69) is 247 Å². The highest BCUT2D eigenvalue weighted by Crippen LogP contribution is 2.49. The van der Waals surface area contributed by atoms with Crippen molar-refractivity contribution in [1.82, 2.24) is 19.5 Å². The Balaban J connectivity index is 1.21. The second-order valence-corrected chi connectivity index (χ2v) is 18.3. The molecule has 0 aliphatic carbocycles. The molecule has 11 aromatic carbocycles. The van der Waals surface area contributed by atoms with E-state index in [1.807, 2.05) is 36.4 Å². The SMILES string of the molecule is c1ccc(-c2cc(-c3ccccc3)c3c4cc(-c5ccccc5)c(-c5ccccc5)cc4n(-c4c(-c5ccccc5)cc(-c5nc(-c6ccccc6)nc(-c6ccccc6)n5)cc4-c4ccccc4)c3c2)cc1. The Morgan fingerprint density at radius 3 is 0.945 bits per heavy atom. The quantitative estimate of drug-likeness (QED) is 0.137. The van der Waals surface area contributed by atoms with Crippen LogP contribution in [0.15, 0.2) is 279 Å². The Kier molecular flexibility index (Phi) is 11.2. The molecule has 0 atom stereocenters. The van der Waals surface area contributed by atoms with E-state index in [0.29, 0.717) is 17.5 Å². The summed E-state index contributed by atoms with van der Waals surface area (Å²) in [5.74, 6) is 1.82. The molecule has 0 N–H and O–H groups in total. The van der Waals surface area contributed by atoms with E-state index in [0.717, 1.165) is 94.4 Å². The highest BCUT2D eigenvalue weighted by Gasteiger charge is 2.26. The van der Waals surface area contributed by atoms with E-state index < -0.39 is 0 Å². The zero-order valence-corrected chi connectivity index (χ0v) is 39.8. The van der Waals surface area contributed by atoms with Gasteiger partial charge in [-0.05, 0) is 92.0 Å². The van der Waals surface area contributed by atoms with Crippen molar-refractivity contribution in [3.8, 4) is 107 Å². The third kappa shape index (κ3) is 8.17. The van der Waals surface area contributed by atoms with Crippen molar-refractivity contribution in [3.63, 3.8) is 0 Å². The van der Waals surface area contributed by atoms with Gasteiger partial charge in [0.15, 0.2) is 17.5 Å². The maximum absolute atomic E-state index is 5.31. The highest BCUT2D eigenvalue weighted by molar-refractivity contribution is 6.20. The molecule has 0 saturated carbocycles. The first kappa shape index (κ1) is 43.3. The van der Waals surface area contributed by atoms with E-state index in [-0.39, 0.29) is 0 Å². The van der Waals surface area contributed by atoms with E-state index in [1.54, 1.807) is 0 Å². The summed E-state index contributed by atoms with van der Waals surface area (Å²) in [7, 11) is 0. The molecule has 13 aromatic rings. The van der Waals surface area contributed by atoms with Gasteiger partial charge in [-0.25, -0.2) is 15.0 Å². The van der Waals surface area contributed by atoms with Crippen LogP contribution in [0.1, 0.15) is 0 Å². The minimum absolute atomic E-state index is 0.590. The van der Waals surface area contributed by atoms with Crippen LogP contribution < -0.4 is 0 Å². The van der Waals surface area contributed by atoms with Gasteiger partial charge in [0.2, 0.25) is 0 Å². The van der Waals surface area contributed by atoms with Crippen molar-refractivity contribution in [2.75, 3.05) is 0 Å². The van der Waals surface area contributed by atoms with Crippen LogP contribution in [0.5, 0.6) is 0 Å². The molecule has 13 rings (SSSR count). The molecule has 0 spiro atoms. The molecule has 0 fully saturated rings. The molecule has 342 valence electrons. The third-order valence-electron chi connectivity index (χ3n) is 13.8. The molecule has 0 amide bonds. The standard InChI is InChI=1S/C69H46N4/c1-9-25-47(26-10-1)55-41-59(50-31-15-4-16-32-50)65-62-45-57(48-27-11-2-12-28-48)58(49-29-13-3-14-30-49)46-63(62)73(64(65)44-55)66-60(51-33-17-5-18-34-51)42-56(43-61(66)52-35-19-6-20-36-52)69-71-67(53-37-21-7-22-38-53)70-68(72-69)54-39-23-8-24-40-54/h1-46H. The van der Waals surface area contributed by atoms with Gasteiger partial charge in [-0.2, -0.15) is 0 Å². The summed E-state index contributed by atoms with van der Waals surface area (Å²) in [6, 6.07) is 99.5. The average Bonchev–Trinajstić information content (AvgIpc) is 3.81. The fourth-order valence-electron chi connectivity index (χ4n) is 10.4. The smallest absolute Gasteiger partial charge is 0.164 e. The Morgan fingerprint density at radius 2 is 0.534 bits per heavy atom. The molecule has 0 radical (unpaired) electrons. The van der Waals surface area contributed by atoms with Crippen LogP contribution >= 0.6 is 0 Å². The van der Waals surface area contributed by atoms with Crippen molar-refractivity contribution in [2.24, 2.45) is 0 Å². The number of nitrogens with zero attached hydrogens (tertiary/aromatic N) is 4. The van der Waals surface area contributed by atoms with Crippen molar-refractivity contribution in [1.29, 1.82) is 0 Å². The zero-order valence-electron chi connectivity index (χ0n) is 39.8. The van der Waals surface area contributed by atoms with Crippen LogP contribution in [0.25, 0.3) is 128 Å². The van der Waals surface area contributed by atoms with Gasteiger partial charge in [-0.15, -0.1) is 0 Å². The van der Waals surface area contributed by atoms with Crippen molar-refractivity contribution >= 4 is 21.8 Å². The number of hydrogen-bond donors (Lipinski definition) is 0. The van der Waals surface area contributed by atoms with Crippen molar-refractivity contribution < 1.29 is 0 Å². The summed E-state index contributed by atoms with van der Waals surface area (Å²) in [5, 5.41) is 2.34. The van der Waals surface area contributed by atoms with Gasteiger partial charge in [0.1, 0.15) is 0 Å². The van der Waals surface area contributed by atoms with Crippen LogP contribution in [0.4, 0.5) is 0 Å². The van der Waals surface area contributed by atoms with Gasteiger partial charge in [-0.1, -0.05) is 243 Å². The lowest BCUT2D eigenvalue weighted by atomic mass is 9.90. The normalized spacial score (nSPS) is 11.3. The molecule has 0 unspecified atom stereocenters. The van der Waals surface area contributed by atoms with Gasteiger partial charge in [-0.3, -0.25) is 0 Å². The lowest BCUT2D eigenvalue weighted by Gasteiger charge is -2.22. The summed E-state index contributed by atoms with van der Waals surface area (Å²) in [5.41, 5.74) is 19.4. The summed E-state index contributed by atoms with van der Waals surface area (Å²) in [6.07, 6.45) is 0. The van der Waals surface area contributed by atoms with Gasteiger partial charge >= 0.3 is 0 Å². The molecule has 4 nitrogen and oxygen atoms in total. The molecule has 4 heteroatoms. The maximum atomic E-state index is 5.31. The minimum atomic E-state index is 0.590. The number of aromatic nitrogens is 4. The first-order chi connectivity index (χ1) is 36.2. The summed E-state index contributed by atoms with van der Waals surface area (Å²) >= 11 is 0. The average molecular weight is 931 g/mol. The molecule has 2 heterocycles. The highest BCUT2D eigenvalue weighted by atomic mass is 15.0. The molecule has 73 heavy (non-hydrogen) atoms. The second-order valence-electron chi connectivity index (χ2n) is 18.3. The molecular weight excluding hydrogens is 885 g/mol. The largest absolute Gasteiger partial charge is 0.308 e. The predicted octanol–water partition coefficient (Wildman–Crippen LogP) is 18.0. The van der Waals surface area contributed by atoms with Crippen molar-refractivity contribution in [2.45, 2.75) is 0 Å². The molecule has 2 aromatic heterocycles. The summed E-state index contributed by atoms with van der Waals surface area (Å²) in [4.78, 5) is 15.7. The Hall–Kier alpha value is -9.77. The third-order valence-corrected chi connectivity index (χ3v) is 13.8. The number of benzene rings is 11. The van der Waals surface area contributed by atoms with E-state index in [4.69, 9.17) is 15.0 Å². The maximum Gasteiger partial charge on any atom is 0.164 e. The number of hydrogen-bond acceptors (Lipinski definition) is 3. The Morgan fingerprint density at radius 1 is 0.219 bits per heavy atom. The lowest BCUT2D eigenvalue weighted by molar-refractivity contribution is 1.07. The molecule has 0 aliphatic heterocycles. The van der Waals surface area contributed by atoms with Crippen LogP contribution in [0.2, 0.25) is 0 Å². The predicted molar refractivity (Wildman–Crippen MR) is 303 cm³/mol. The van der Waals surface area contributed by atoms with Crippen LogP contribution in [-0.2, 0) is 0 Å². The Labute approximate surface area is 424 Å². The van der Waals surface area contributed by atoms with E-state index >= 15 is 0 Å². The van der Waals surface area contributed by atoms with Gasteiger partial charge in [0, 0.05) is 38.6 Å². The van der Waals surface area contributed by atoms with E-state index in [9.17, 15) is 0 Å². The van der Waals surface area contributed by atoms with Gasteiger partial charge in [0.25, 0.3) is 0 Å². The first-order valence-electron chi connectivity index (χ1n) is 24.8. The Bertz CT molecular complexity index is 3950. The molecular formula is C69H46N4. The fraction of sp³-hybridized carbons (Fsp3) is 0. The van der Waals surface area contributed by atoms with Crippen LogP contribution in [-0.4, -0.2) is 19.5 Å².